The van der Waals surface area contributed by atoms with E-state index in [0.717, 1.165) is 16.9 Å². The normalized spacial score (nSPS) is 10.5. The van der Waals surface area contributed by atoms with Crippen molar-refractivity contribution in [2.45, 2.75) is 20.8 Å². The molecule has 7 nitrogen and oxygen atoms in total. The van der Waals surface area contributed by atoms with Gasteiger partial charge in [-0.2, -0.15) is 0 Å². The van der Waals surface area contributed by atoms with Crippen LogP contribution in [0.15, 0.2) is 42.5 Å². The maximum atomic E-state index is 13.0. The lowest BCUT2D eigenvalue weighted by molar-refractivity contribution is 0.0527. The standard InChI is InChI=1S/C23H22ClN3O4S/c1-4-31-23(30)18-13(3)19(21(29)26-16-9-8-12(2)17(24)11-16)32-22(18)27-20(28)14-6-5-7-15(25)10-14/h5-11H,4,25H2,1-3H3,(H,26,29)(H,27,28). The number of halogens is 1. The highest BCUT2D eigenvalue weighted by atomic mass is 35.5. The van der Waals surface area contributed by atoms with Gasteiger partial charge in [0.1, 0.15) is 5.00 Å². The Balaban J connectivity index is 1.95. The van der Waals surface area contributed by atoms with E-state index < -0.39 is 17.8 Å². The topological polar surface area (TPSA) is 111 Å². The van der Waals surface area contributed by atoms with Crippen molar-refractivity contribution in [3.63, 3.8) is 0 Å². The molecule has 1 heterocycles. The molecule has 0 aliphatic rings. The zero-order valence-corrected chi connectivity index (χ0v) is 19.3. The third kappa shape index (κ3) is 5.09. The predicted octanol–water partition coefficient (Wildman–Crippen LogP) is 5.28. The Morgan fingerprint density at radius 2 is 1.81 bits per heavy atom. The number of nitrogen functional groups attached to an aromatic ring is 1. The molecule has 0 radical (unpaired) electrons. The largest absolute Gasteiger partial charge is 0.462 e. The number of hydrogen-bond acceptors (Lipinski definition) is 6. The van der Waals surface area contributed by atoms with Crippen molar-refractivity contribution in [1.29, 1.82) is 0 Å². The molecule has 1 aromatic heterocycles. The second-order valence-corrected chi connectivity index (χ2v) is 8.41. The summed E-state index contributed by atoms with van der Waals surface area (Å²) in [4.78, 5) is 38.5. The molecule has 4 N–H and O–H groups in total. The number of carbonyl (C=O) groups excluding carboxylic acids is 3. The molecule has 0 bridgehead atoms. The van der Waals surface area contributed by atoms with Gasteiger partial charge in [-0.1, -0.05) is 23.7 Å². The third-order valence-corrected chi connectivity index (χ3v) is 6.25. The van der Waals surface area contributed by atoms with Crippen LogP contribution in [-0.4, -0.2) is 24.4 Å². The number of ether oxygens (including phenoxy) is 1. The van der Waals surface area contributed by atoms with Crippen molar-refractivity contribution in [1.82, 2.24) is 0 Å². The van der Waals surface area contributed by atoms with Gasteiger partial charge < -0.3 is 21.1 Å². The molecule has 3 rings (SSSR count). The second kappa shape index (κ2) is 9.84. The summed E-state index contributed by atoms with van der Waals surface area (Å²) in [6.45, 7) is 5.33. The van der Waals surface area contributed by atoms with Crippen molar-refractivity contribution >= 4 is 57.1 Å². The van der Waals surface area contributed by atoms with Gasteiger partial charge in [0.25, 0.3) is 11.8 Å². The first-order valence-corrected chi connectivity index (χ1v) is 11.0. The number of carbonyl (C=O) groups is 3. The SMILES string of the molecule is CCOC(=O)c1c(NC(=O)c2cccc(N)c2)sc(C(=O)Nc2ccc(C)c(Cl)c2)c1C. The van der Waals surface area contributed by atoms with Gasteiger partial charge in [-0.25, -0.2) is 4.79 Å². The molecule has 0 spiro atoms. The molecular formula is C23H22ClN3O4S. The maximum Gasteiger partial charge on any atom is 0.341 e. The van der Waals surface area contributed by atoms with Crippen LogP contribution in [0.4, 0.5) is 16.4 Å². The van der Waals surface area contributed by atoms with Crippen molar-refractivity contribution in [2.75, 3.05) is 23.0 Å². The number of anilines is 3. The molecular weight excluding hydrogens is 450 g/mol. The van der Waals surface area contributed by atoms with E-state index in [4.69, 9.17) is 22.1 Å². The van der Waals surface area contributed by atoms with E-state index in [2.05, 4.69) is 10.6 Å². The summed E-state index contributed by atoms with van der Waals surface area (Å²) >= 11 is 7.13. The highest BCUT2D eigenvalue weighted by Crippen LogP contribution is 2.35. The lowest BCUT2D eigenvalue weighted by Gasteiger charge is -2.07. The molecule has 32 heavy (non-hydrogen) atoms. The number of nitrogens with one attached hydrogen (secondary N) is 2. The van der Waals surface area contributed by atoms with Crippen LogP contribution in [0.3, 0.4) is 0 Å². The van der Waals surface area contributed by atoms with Crippen LogP contribution in [0, 0.1) is 13.8 Å². The van der Waals surface area contributed by atoms with E-state index in [-0.39, 0.29) is 22.0 Å². The van der Waals surface area contributed by atoms with E-state index in [1.165, 1.54) is 6.07 Å². The van der Waals surface area contributed by atoms with Crippen LogP contribution in [0.1, 0.15) is 48.4 Å². The minimum absolute atomic E-state index is 0.140. The number of nitrogens with two attached hydrogens (primary N) is 1. The van der Waals surface area contributed by atoms with E-state index in [0.29, 0.717) is 27.5 Å². The lowest BCUT2D eigenvalue weighted by atomic mass is 10.1. The third-order valence-electron chi connectivity index (χ3n) is 4.64. The summed E-state index contributed by atoms with van der Waals surface area (Å²) in [5.41, 5.74) is 8.46. The van der Waals surface area contributed by atoms with Gasteiger partial charge >= 0.3 is 5.97 Å². The van der Waals surface area contributed by atoms with Crippen LogP contribution in [-0.2, 0) is 4.74 Å². The summed E-state index contributed by atoms with van der Waals surface area (Å²) in [5.74, 6) is -1.51. The number of hydrogen-bond donors (Lipinski definition) is 3. The first-order valence-electron chi connectivity index (χ1n) is 9.76. The van der Waals surface area contributed by atoms with Gasteiger partial charge in [0.15, 0.2) is 0 Å². The Labute approximate surface area is 194 Å². The van der Waals surface area contributed by atoms with Crippen LogP contribution in [0.25, 0.3) is 0 Å². The molecule has 0 atom stereocenters. The smallest absolute Gasteiger partial charge is 0.341 e. The highest BCUT2D eigenvalue weighted by molar-refractivity contribution is 7.19. The molecule has 9 heteroatoms. The van der Waals surface area contributed by atoms with Gasteiger partial charge in [-0.3, -0.25) is 9.59 Å². The minimum Gasteiger partial charge on any atom is -0.462 e. The second-order valence-electron chi connectivity index (χ2n) is 6.98. The predicted molar refractivity (Wildman–Crippen MR) is 128 cm³/mol. The molecule has 3 aromatic rings. The molecule has 0 fully saturated rings. The Morgan fingerprint density at radius 1 is 1.06 bits per heavy atom. The zero-order valence-electron chi connectivity index (χ0n) is 17.7. The monoisotopic (exact) mass is 471 g/mol. The van der Waals surface area contributed by atoms with Crippen molar-refractivity contribution in [2.24, 2.45) is 0 Å². The van der Waals surface area contributed by atoms with E-state index in [9.17, 15) is 14.4 Å². The molecule has 2 amide bonds. The summed E-state index contributed by atoms with van der Waals surface area (Å²) in [7, 11) is 0. The van der Waals surface area contributed by atoms with E-state index in [1.54, 1.807) is 50.2 Å². The fraction of sp³-hybridized carbons (Fsp3) is 0.174. The fourth-order valence-electron chi connectivity index (χ4n) is 2.98. The highest BCUT2D eigenvalue weighted by Gasteiger charge is 2.27. The van der Waals surface area contributed by atoms with Crippen LogP contribution >= 0.6 is 22.9 Å². The number of thiophene rings is 1. The molecule has 0 saturated carbocycles. The first-order chi connectivity index (χ1) is 15.2. The van der Waals surface area contributed by atoms with E-state index >= 15 is 0 Å². The Kier molecular flexibility index (Phi) is 7.17. The zero-order chi connectivity index (χ0) is 23.4. The summed E-state index contributed by atoms with van der Waals surface area (Å²) in [6, 6.07) is 11.6. The molecule has 0 aliphatic heterocycles. The van der Waals surface area contributed by atoms with Crippen molar-refractivity contribution in [3.8, 4) is 0 Å². The Bertz CT molecular complexity index is 1210. The van der Waals surface area contributed by atoms with Gasteiger partial charge in [-0.05, 0) is 62.2 Å². The van der Waals surface area contributed by atoms with Crippen LogP contribution in [0.5, 0.6) is 0 Å². The van der Waals surface area contributed by atoms with Crippen molar-refractivity contribution in [3.05, 3.63) is 74.6 Å². The average molecular weight is 472 g/mol. The summed E-state index contributed by atoms with van der Waals surface area (Å²) < 4.78 is 5.14. The minimum atomic E-state index is -0.624. The number of aryl methyl sites for hydroxylation is 1. The van der Waals surface area contributed by atoms with Gasteiger partial charge in [-0.15, -0.1) is 11.3 Å². The first kappa shape index (κ1) is 23.3. The molecule has 166 valence electrons. The number of benzene rings is 2. The molecule has 0 unspecified atom stereocenters. The van der Waals surface area contributed by atoms with Gasteiger partial charge in [0, 0.05) is 22.0 Å². The van der Waals surface area contributed by atoms with Gasteiger partial charge in [0.2, 0.25) is 0 Å². The lowest BCUT2D eigenvalue weighted by Crippen LogP contribution is -2.15. The average Bonchev–Trinajstić information content (AvgIpc) is 3.06. The number of rotatable bonds is 6. The van der Waals surface area contributed by atoms with Gasteiger partial charge in [0.05, 0.1) is 17.0 Å². The fourth-order valence-corrected chi connectivity index (χ4v) is 4.25. The Hall–Kier alpha value is -3.36. The van der Waals surface area contributed by atoms with Crippen molar-refractivity contribution < 1.29 is 19.1 Å². The maximum absolute atomic E-state index is 13.0. The van der Waals surface area contributed by atoms with Crippen LogP contribution in [0.2, 0.25) is 5.02 Å². The molecule has 0 aliphatic carbocycles. The summed E-state index contributed by atoms with van der Waals surface area (Å²) in [6.07, 6.45) is 0. The van der Waals surface area contributed by atoms with E-state index in [1.807, 2.05) is 6.92 Å². The van der Waals surface area contributed by atoms with Crippen LogP contribution < -0.4 is 16.4 Å². The molecule has 0 saturated heterocycles. The number of amides is 2. The molecule has 2 aromatic carbocycles. The Morgan fingerprint density at radius 3 is 2.47 bits per heavy atom. The quantitative estimate of drug-likeness (QED) is 0.334. The number of esters is 1. The summed E-state index contributed by atoms with van der Waals surface area (Å²) in [5, 5.41) is 6.23.